The lowest BCUT2D eigenvalue weighted by Gasteiger charge is -2.07. The molecular formula is C11H11BrO4. The second kappa shape index (κ2) is 6.27. The number of aliphatic carboxylic acids is 1. The van der Waals surface area contributed by atoms with Crippen LogP contribution >= 0.6 is 15.9 Å². The van der Waals surface area contributed by atoms with E-state index in [1.165, 1.54) is 0 Å². The number of carboxylic acid groups (broad SMARTS) is 1. The van der Waals surface area contributed by atoms with Crippen molar-refractivity contribution >= 4 is 28.2 Å². The van der Waals surface area contributed by atoms with E-state index < -0.39 is 5.97 Å². The molecule has 1 aromatic rings. The Labute approximate surface area is 101 Å². The number of carbonyl (C=O) groups is 2. The van der Waals surface area contributed by atoms with Crippen LogP contribution in [0.2, 0.25) is 0 Å². The van der Waals surface area contributed by atoms with E-state index in [2.05, 4.69) is 15.9 Å². The summed E-state index contributed by atoms with van der Waals surface area (Å²) in [5.74, 6) is -0.376. The summed E-state index contributed by atoms with van der Waals surface area (Å²) < 4.78 is 6.12. The van der Waals surface area contributed by atoms with Gasteiger partial charge >= 0.3 is 5.97 Å². The lowest BCUT2D eigenvalue weighted by molar-refractivity contribution is -0.137. The standard InChI is InChI=1S/C11H11BrO4/c12-9-3-4-10(8(6-9)7-13)16-5-1-2-11(14)15/h3-4,6-7H,1-2,5H2,(H,14,15). The lowest BCUT2D eigenvalue weighted by Crippen LogP contribution is -2.03. The fourth-order valence-corrected chi connectivity index (χ4v) is 1.53. The first-order valence-electron chi connectivity index (χ1n) is 4.73. The third kappa shape index (κ3) is 4.02. The van der Waals surface area contributed by atoms with Crippen LogP contribution in [0, 0.1) is 0 Å². The predicted octanol–water partition coefficient (Wildman–Crippen LogP) is 2.51. The first kappa shape index (κ1) is 12.7. The molecule has 0 aliphatic heterocycles. The zero-order valence-electron chi connectivity index (χ0n) is 8.48. The van der Waals surface area contributed by atoms with Crippen LogP contribution in [0.4, 0.5) is 0 Å². The first-order valence-corrected chi connectivity index (χ1v) is 5.52. The molecule has 0 aliphatic carbocycles. The Morgan fingerprint density at radius 3 is 2.88 bits per heavy atom. The zero-order chi connectivity index (χ0) is 12.0. The summed E-state index contributed by atoms with van der Waals surface area (Å²) in [4.78, 5) is 21.0. The SMILES string of the molecule is O=Cc1cc(Br)ccc1OCCCC(=O)O. The van der Waals surface area contributed by atoms with E-state index in [-0.39, 0.29) is 13.0 Å². The number of carboxylic acids is 1. The second-order valence-corrected chi connectivity index (χ2v) is 4.06. The molecule has 16 heavy (non-hydrogen) atoms. The van der Waals surface area contributed by atoms with Crippen molar-refractivity contribution < 1.29 is 19.4 Å². The molecular weight excluding hydrogens is 276 g/mol. The number of halogens is 1. The molecule has 4 nitrogen and oxygen atoms in total. The fraction of sp³-hybridized carbons (Fsp3) is 0.273. The van der Waals surface area contributed by atoms with E-state index >= 15 is 0 Å². The van der Waals surface area contributed by atoms with Crippen LogP contribution < -0.4 is 4.74 Å². The van der Waals surface area contributed by atoms with Gasteiger partial charge < -0.3 is 9.84 Å². The summed E-state index contributed by atoms with van der Waals surface area (Å²) in [6.07, 6.45) is 1.19. The Bertz CT molecular complexity index is 390. The van der Waals surface area contributed by atoms with Gasteiger partial charge in [0.2, 0.25) is 0 Å². The molecule has 0 heterocycles. The molecule has 0 saturated carbocycles. The Hall–Kier alpha value is -1.36. The van der Waals surface area contributed by atoms with Crippen molar-refractivity contribution in [2.75, 3.05) is 6.61 Å². The van der Waals surface area contributed by atoms with E-state index in [1.807, 2.05) is 0 Å². The second-order valence-electron chi connectivity index (χ2n) is 3.15. The minimum atomic E-state index is -0.852. The number of hydrogen-bond acceptors (Lipinski definition) is 3. The van der Waals surface area contributed by atoms with Crippen LogP contribution in [0.3, 0.4) is 0 Å². The molecule has 0 saturated heterocycles. The minimum Gasteiger partial charge on any atom is -0.493 e. The van der Waals surface area contributed by atoms with Gasteiger partial charge in [0.05, 0.1) is 12.2 Å². The van der Waals surface area contributed by atoms with E-state index in [0.29, 0.717) is 24.0 Å². The van der Waals surface area contributed by atoms with Crippen molar-refractivity contribution in [1.82, 2.24) is 0 Å². The van der Waals surface area contributed by atoms with Crippen molar-refractivity contribution in [2.45, 2.75) is 12.8 Å². The number of hydrogen-bond donors (Lipinski definition) is 1. The van der Waals surface area contributed by atoms with Gasteiger partial charge in [0.25, 0.3) is 0 Å². The van der Waals surface area contributed by atoms with Crippen molar-refractivity contribution in [3.8, 4) is 5.75 Å². The van der Waals surface area contributed by atoms with Crippen molar-refractivity contribution in [1.29, 1.82) is 0 Å². The van der Waals surface area contributed by atoms with Crippen molar-refractivity contribution in [3.05, 3.63) is 28.2 Å². The highest BCUT2D eigenvalue weighted by Gasteiger charge is 2.04. The predicted molar refractivity (Wildman–Crippen MR) is 61.9 cm³/mol. The van der Waals surface area contributed by atoms with Crippen LogP contribution in [0.1, 0.15) is 23.2 Å². The summed E-state index contributed by atoms with van der Waals surface area (Å²) in [5, 5.41) is 8.43. The summed E-state index contributed by atoms with van der Waals surface area (Å²) in [7, 11) is 0. The van der Waals surface area contributed by atoms with Crippen molar-refractivity contribution in [2.24, 2.45) is 0 Å². The molecule has 5 heteroatoms. The zero-order valence-corrected chi connectivity index (χ0v) is 10.1. The molecule has 0 aromatic heterocycles. The van der Waals surface area contributed by atoms with Gasteiger partial charge in [0, 0.05) is 10.9 Å². The largest absolute Gasteiger partial charge is 0.493 e. The maximum atomic E-state index is 10.7. The van der Waals surface area contributed by atoms with Gasteiger partial charge in [-0.15, -0.1) is 0 Å². The molecule has 1 rings (SSSR count). The molecule has 1 N–H and O–H groups in total. The third-order valence-electron chi connectivity index (χ3n) is 1.89. The maximum absolute atomic E-state index is 10.7. The van der Waals surface area contributed by atoms with Crippen LogP contribution in [0.15, 0.2) is 22.7 Å². The molecule has 0 amide bonds. The summed E-state index contributed by atoms with van der Waals surface area (Å²) in [6.45, 7) is 0.286. The topological polar surface area (TPSA) is 63.6 Å². The van der Waals surface area contributed by atoms with Gasteiger partial charge in [-0.3, -0.25) is 9.59 Å². The molecule has 0 atom stereocenters. The number of benzene rings is 1. The average Bonchev–Trinajstić information content (AvgIpc) is 2.25. The lowest BCUT2D eigenvalue weighted by atomic mass is 10.2. The Balaban J connectivity index is 2.53. The monoisotopic (exact) mass is 286 g/mol. The van der Waals surface area contributed by atoms with Gasteiger partial charge in [-0.25, -0.2) is 0 Å². The molecule has 0 fully saturated rings. The molecule has 0 bridgehead atoms. The Morgan fingerprint density at radius 2 is 2.25 bits per heavy atom. The number of carbonyl (C=O) groups excluding carboxylic acids is 1. The van der Waals surface area contributed by atoms with Gasteiger partial charge in [-0.1, -0.05) is 15.9 Å². The first-order chi connectivity index (χ1) is 7.63. The van der Waals surface area contributed by atoms with Crippen molar-refractivity contribution in [3.63, 3.8) is 0 Å². The smallest absolute Gasteiger partial charge is 0.303 e. The Kier molecular flexibility index (Phi) is 4.98. The van der Waals surface area contributed by atoms with Crippen LogP contribution in [0.25, 0.3) is 0 Å². The number of aldehydes is 1. The van der Waals surface area contributed by atoms with Crippen LogP contribution in [0.5, 0.6) is 5.75 Å². The molecule has 0 unspecified atom stereocenters. The highest BCUT2D eigenvalue weighted by atomic mass is 79.9. The summed E-state index contributed by atoms with van der Waals surface area (Å²) in [5.41, 5.74) is 0.449. The maximum Gasteiger partial charge on any atom is 0.303 e. The fourth-order valence-electron chi connectivity index (χ4n) is 1.15. The number of rotatable bonds is 6. The van der Waals surface area contributed by atoms with E-state index in [0.717, 1.165) is 4.47 Å². The third-order valence-corrected chi connectivity index (χ3v) is 2.38. The highest BCUT2D eigenvalue weighted by Crippen LogP contribution is 2.21. The summed E-state index contributed by atoms with van der Waals surface area (Å²) in [6, 6.07) is 5.09. The normalized spacial score (nSPS) is 9.81. The average molecular weight is 287 g/mol. The van der Waals surface area contributed by atoms with Gasteiger partial charge in [-0.05, 0) is 24.6 Å². The Morgan fingerprint density at radius 1 is 1.50 bits per heavy atom. The van der Waals surface area contributed by atoms with Gasteiger partial charge in [0.1, 0.15) is 5.75 Å². The van der Waals surface area contributed by atoms with Crippen LogP contribution in [-0.2, 0) is 4.79 Å². The molecule has 0 aliphatic rings. The molecule has 0 radical (unpaired) electrons. The molecule has 0 spiro atoms. The molecule has 1 aromatic carbocycles. The van der Waals surface area contributed by atoms with Crippen LogP contribution in [-0.4, -0.2) is 24.0 Å². The van der Waals surface area contributed by atoms with Gasteiger partial charge in [-0.2, -0.15) is 0 Å². The minimum absolute atomic E-state index is 0.0625. The summed E-state index contributed by atoms with van der Waals surface area (Å²) >= 11 is 3.25. The number of ether oxygens (including phenoxy) is 1. The van der Waals surface area contributed by atoms with E-state index in [9.17, 15) is 9.59 Å². The molecule has 86 valence electrons. The van der Waals surface area contributed by atoms with E-state index in [4.69, 9.17) is 9.84 Å². The van der Waals surface area contributed by atoms with Gasteiger partial charge in [0.15, 0.2) is 6.29 Å². The van der Waals surface area contributed by atoms with E-state index in [1.54, 1.807) is 18.2 Å². The quantitative estimate of drug-likeness (QED) is 0.645. The highest BCUT2D eigenvalue weighted by molar-refractivity contribution is 9.10.